The molecule has 1 aliphatic rings. The Kier molecular flexibility index (Phi) is 7.04. The number of nitrogens with one attached hydrogen (secondary N) is 1. The zero-order chi connectivity index (χ0) is 20.8. The quantitative estimate of drug-likeness (QED) is 0.754. The first-order valence-corrected chi connectivity index (χ1v) is 10.5. The molecule has 6 nitrogen and oxygen atoms in total. The molecule has 0 radical (unpaired) electrons. The second kappa shape index (κ2) is 9.69. The topological polar surface area (TPSA) is 67.9 Å². The van der Waals surface area contributed by atoms with Gasteiger partial charge >= 0.3 is 0 Å². The molecule has 1 aliphatic heterocycles. The minimum atomic E-state index is -0.494. The van der Waals surface area contributed by atoms with Crippen LogP contribution in [0.2, 0.25) is 0 Å². The first-order chi connectivity index (χ1) is 14.0. The lowest BCUT2D eigenvalue weighted by molar-refractivity contribution is -0.138. The molecule has 7 heteroatoms. The first kappa shape index (κ1) is 21.0. The largest absolute Gasteiger partial charge is 0.493 e. The smallest absolute Gasteiger partial charge is 0.243 e. The van der Waals surface area contributed by atoms with Gasteiger partial charge in [0.05, 0.1) is 14.2 Å². The summed E-state index contributed by atoms with van der Waals surface area (Å²) in [5.41, 5.74) is 2.07. The third-order valence-electron chi connectivity index (χ3n) is 4.92. The highest BCUT2D eigenvalue weighted by Crippen LogP contribution is 2.43. The number of hydrogen-bond acceptors (Lipinski definition) is 5. The Bertz CT molecular complexity index is 859. The van der Waals surface area contributed by atoms with Crippen LogP contribution in [0.15, 0.2) is 48.5 Å². The molecule has 29 heavy (non-hydrogen) atoms. The summed E-state index contributed by atoms with van der Waals surface area (Å²) in [4.78, 5) is 26.8. The maximum absolute atomic E-state index is 12.8. The second-order valence-electron chi connectivity index (χ2n) is 6.77. The maximum Gasteiger partial charge on any atom is 0.243 e. The summed E-state index contributed by atoms with van der Waals surface area (Å²) in [7, 11) is 3.16. The molecule has 0 aromatic heterocycles. The molecule has 0 saturated carbocycles. The number of carbonyl (C=O) groups excluding carboxylic acids is 2. The second-order valence-corrected chi connectivity index (χ2v) is 7.88. The zero-order valence-corrected chi connectivity index (χ0v) is 17.7. The lowest BCUT2D eigenvalue weighted by Gasteiger charge is -2.28. The van der Waals surface area contributed by atoms with Crippen LogP contribution in [-0.2, 0) is 16.0 Å². The molecular formula is C22H26N2O4S. The van der Waals surface area contributed by atoms with Gasteiger partial charge in [-0.2, -0.15) is 0 Å². The summed E-state index contributed by atoms with van der Waals surface area (Å²) in [6.07, 6.45) is 0.756. The van der Waals surface area contributed by atoms with E-state index >= 15 is 0 Å². The van der Waals surface area contributed by atoms with Crippen LogP contribution in [0.25, 0.3) is 0 Å². The van der Waals surface area contributed by atoms with Gasteiger partial charge in [-0.3, -0.25) is 9.59 Å². The van der Waals surface area contributed by atoms with Gasteiger partial charge in [0.25, 0.3) is 0 Å². The van der Waals surface area contributed by atoms with E-state index in [4.69, 9.17) is 9.47 Å². The van der Waals surface area contributed by atoms with Crippen molar-refractivity contribution in [2.45, 2.75) is 24.8 Å². The molecule has 2 aromatic carbocycles. The number of hydrogen-bond donors (Lipinski definition) is 1. The average Bonchev–Trinajstić information content (AvgIpc) is 3.19. The van der Waals surface area contributed by atoms with Gasteiger partial charge in [-0.15, -0.1) is 11.8 Å². The van der Waals surface area contributed by atoms with Gasteiger partial charge < -0.3 is 19.7 Å². The predicted molar refractivity (Wildman–Crippen MR) is 114 cm³/mol. The molecular weight excluding hydrogens is 388 g/mol. The van der Waals surface area contributed by atoms with Crippen molar-refractivity contribution in [1.29, 1.82) is 0 Å². The highest BCUT2D eigenvalue weighted by Gasteiger charge is 2.41. The Morgan fingerprint density at radius 2 is 1.83 bits per heavy atom. The van der Waals surface area contributed by atoms with E-state index in [1.165, 1.54) is 12.5 Å². The standard InChI is InChI=1S/C22H26N2O4S/c1-15(25)24-18(21(26)23-12-11-16-7-5-4-6-8-16)14-29-22(24)17-9-10-19(27-2)20(13-17)28-3/h4-10,13,18,22H,11-12,14H2,1-3H3,(H,23,26). The number of methoxy groups -OCH3 is 2. The third-order valence-corrected chi connectivity index (χ3v) is 6.24. The normalized spacial score (nSPS) is 18.4. The fourth-order valence-electron chi connectivity index (χ4n) is 3.45. The van der Waals surface area contributed by atoms with E-state index in [1.54, 1.807) is 30.9 Å². The molecule has 2 atom stereocenters. The predicted octanol–water partition coefficient (Wildman–Crippen LogP) is 3.03. The Hall–Kier alpha value is -2.67. The van der Waals surface area contributed by atoms with Crippen LogP contribution in [0.1, 0.15) is 23.4 Å². The Labute approximate surface area is 175 Å². The number of nitrogens with zero attached hydrogens (tertiary/aromatic N) is 1. The van der Waals surface area contributed by atoms with Gasteiger partial charge in [-0.05, 0) is 29.7 Å². The number of benzene rings is 2. The van der Waals surface area contributed by atoms with Crippen LogP contribution in [-0.4, -0.2) is 49.3 Å². The van der Waals surface area contributed by atoms with Gasteiger partial charge in [0.15, 0.2) is 11.5 Å². The van der Waals surface area contributed by atoms with Crippen LogP contribution in [0.5, 0.6) is 11.5 Å². The molecule has 0 spiro atoms. The molecule has 2 aromatic rings. The van der Waals surface area contributed by atoms with E-state index < -0.39 is 6.04 Å². The molecule has 154 valence electrons. The Morgan fingerprint density at radius 1 is 1.10 bits per heavy atom. The van der Waals surface area contributed by atoms with E-state index in [9.17, 15) is 9.59 Å². The third kappa shape index (κ3) is 4.85. The minimum Gasteiger partial charge on any atom is -0.493 e. The number of carbonyl (C=O) groups is 2. The van der Waals surface area contributed by atoms with Crippen molar-refractivity contribution in [3.63, 3.8) is 0 Å². The summed E-state index contributed by atoms with van der Waals surface area (Å²) in [6, 6.07) is 15.1. The molecule has 1 N–H and O–H groups in total. The molecule has 1 heterocycles. The van der Waals surface area contributed by atoms with E-state index in [1.807, 2.05) is 48.5 Å². The van der Waals surface area contributed by atoms with E-state index in [0.717, 1.165) is 12.0 Å². The number of rotatable bonds is 7. The van der Waals surface area contributed by atoms with Crippen LogP contribution in [0.3, 0.4) is 0 Å². The average molecular weight is 415 g/mol. The lowest BCUT2D eigenvalue weighted by Crippen LogP contribution is -2.47. The fraction of sp³-hybridized carbons (Fsp3) is 0.364. The Balaban J connectivity index is 1.69. The minimum absolute atomic E-state index is 0.119. The molecule has 1 fully saturated rings. The molecule has 0 bridgehead atoms. The van der Waals surface area contributed by atoms with Gasteiger partial charge in [-0.25, -0.2) is 0 Å². The van der Waals surface area contributed by atoms with Crippen LogP contribution in [0, 0.1) is 0 Å². The number of amides is 2. The lowest BCUT2D eigenvalue weighted by atomic mass is 10.1. The maximum atomic E-state index is 12.8. The summed E-state index contributed by atoms with van der Waals surface area (Å²) in [6.45, 7) is 2.04. The van der Waals surface area contributed by atoms with Gasteiger partial charge in [0.2, 0.25) is 11.8 Å². The van der Waals surface area contributed by atoms with Crippen molar-refractivity contribution in [3.8, 4) is 11.5 Å². The first-order valence-electron chi connectivity index (χ1n) is 9.49. The monoisotopic (exact) mass is 414 g/mol. The Morgan fingerprint density at radius 3 is 2.48 bits per heavy atom. The molecule has 0 aliphatic carbocycles. The molecule has 2 amide bonds. The van der Waals surface area contributed by atoms with Crippen molar-refractivity contribution in [3.05, 3.63) is 59.7 Å². The van der Waals surface area contributed by atoms with Crippen LogP contribution < -0.4 is 14.8 Å². The van der Waals surface area contributed by atoms with Gasteiger partial charge in [0, 0.05) is 19.2 Å². The van der Waals surface area contributed by atoms with Crippen LogP contribution in [0.4, 0.5) is 0 Å². The fourth-order valence-corrected chi connectivity index (χ4v) is 4.92. The van der Waals surface area contributed by atoms with Gasteiger partial charge in [0.1, 0.15) is 11.4 Å². The number of thioether (sulfide) groups is 1. The van der Waals surface area contributed by atoms with Crippen molar-refractivity contribution in [2.24, 2.45) is 0 Å². The zero-order valence-electron chi connectivity index (χ0n) is 16.9. The highest BCUT2D eigenvalue weighted by molar-refractivity contribution is 7.99. The van der Waals surface area contributed by atoms with Crippen LogP contribution >= 0.6 is 11.8 Å². The van der Waals surface area contributed by atoms with E-state index in [2.05, 4.69) is 5.32 Å². The highest BCUT2D eigenvalue weighted by atomic mass is 32.2. The van der Waals surface area contributed by atoms with Crippen molar-refractivity contribution >= 4 is 23.6 Å². The summed E-state index contributed by atoms with van der Waals surface area (Å²) in [5, 5.41) is 2.74. The molecule has 1 saturated heterocycles. The SMILES string of the molecule is COc1ccc(C2SCC(C(=O)NCCc3ccccc3)N2C(C)=O)cc1OC. The summed E-state index contributed by atoms with van der Waals surface area (Å²) < 4.78 is 10.7. The van der Waals surface area contributed by atoms with Crippen molar-refractivity contribution < 1.29 is 19.1 Å². The summed E-state index contributed by atoms with van der Waals surface area (Å²) in [5.74, 6) is 1.54. The van der Waals surface area contributed by atoms with E-state index in [0.29, 0.717) is 23.8 Å². The van der Waals surface area contributed by atoms with Crippen molar-refractivity contribution in [2.75, 3.05) is 26.5 Å². The van der Waals surface area contributed by atoms with Gasteiger partial charge in [-0.1, -0.05) is 36.4 Å². The van der Waals surface area contributed by atoms with E-state index in [-0.39, 0.29) is 17.2 Å². The number of ether oxygens (including phenoxy) is 2. The molecule has 2 unspecified atom stereocenters. The molecule has 3 rings (SSSR count). The van der Waals surface area contributed by atoms with Crippen molar-refractivity contribution in [1.82, 2.24) is 10.2 Å². The summed E-state index contributed by atoms with van der Waals surface area (Å²) >= 11 is 1.58.